The van der Waals surface area contributed by atoms with Crippen LogP contribution in [-0.4, -0.2) is 82.1 Å². The van der Waals surface area contributed by atoms with E-state index in [0.29, 0.717) is 49.6 Å². The third-order valence-corrected chi connectivity index (χ3v) is 6.71. The van der Waals surface area contributed by atoms with Gasteiger partial charge in [-0.1, -0.05) is 13.0 Å². The Labute approximate surface area is 209 Å². The topological polar surface area (TPSA) is 116 Å². The molecule has 3 aromatic rings. The van der Waals surface area contributed by atoms with Crippen molar-refractivity contribution in [2.75, 3.05) is 44.3 Å². The third-order valence-electron chi connectivity index (χ3n) is 6.71. The molecule has 2 fully saturated rings. The molecule has 1 amide bonds. The Balaban J connectivity index is 1.38. The highest BCUT2D eigenvalue weighted by Gasteiger charge is 2.29. The van der Waals surface area contributed by atoms with E-state index in [1.54, 1.807) is 23.0 Å². The highest BCUT2D eigenvalue weighted by Crippen LogP contribution is 2.32. The summed E-state index contributed by atoms with van der Waals surface area (Å²) in [6, 6.07) is 7.94. The minimum atomic E-state index is -0.701. The van der Waals surface area contributed by atoms with E-state index >= 15 is 0 Å². The van der Waals surface area contributed by atoms with Crippen LogP contribution in [0.15, 0.2) is 49.4 Å². The molecule has 0 aromatic carbocycles. The van der Waals surface area contributed by atoms with Gasteiger partial charge in [0.15, 0.2) is 0 Å². The summed E-state index contributed by atoms with van der Waals surface area (Å²) in [5, 5.41) is 24.0. The number of fused-ring (bicyclic) bond motifs is 1. The Bertz CT molecular complexity index is 1310. The van der Waals surface area contributed by atoms with Gasteiger partial charge in [0.25, 0.3) is 0 Å². The number of nitriles is 1. The molecular formula is C26H28N6O4. The smallest absolute Gasteiger partial charge is 0.229 e. The second kappa shape index (κ2) is 9.97. The van der Waals surface area contributed by atoms with E-state index in [0.717, 1.165) is 16.9 Å². The zero-order valence-corrected chi connectivity index (χ0v) is 20.1. The fourth-order valence-corrected chi connectivity index (χ4v) is 4.55. The van der Waals surface area contributed by atoms with Crippen LogP contribution in [0.5, 0.6) is 5.75 Å². The summed E-state index contributed by atoms with van der Waals surface area (Å²) >= 11 is 0. The SMILES string of the molecule is C=CC(C)C(=O)N1CCN(c2ccc(-c3cc(OC4COC[C@@H]4O)cn4ncc(C#N)c34)cn2)CC1. The number of ether oxygens (including phenoxy) is 2. The predicted octanol–water partition coefficient (Wildman–Crippen LogP) is 1.88. The van der Waals surface area contributed by atoms with Gasteiger partial charge in [-0.05, 0) is 18.2 Å². The molecule has 186 valence electrons. The molecule has 5 heterocycles. The first-order chi connectivity index (χ1) is 17.5. The fourth-order valence-electron chi connectivity index (χ4n) is 4.55. The van der Waals surface area contributed by atoms with Crippen LogP contribution in [0.4, 0.5) is 5.82 Å². The summed E-state index contributed by atoms with van der Waals surface area (Å²) in [6.07, 6.45) is 5.49. The van der Waals surface area contributed by atoms with Crippen molar-refractivity contribution in [3.8, 4) is 22.9 Å². The summed E-state index contributed by atoms with van der Waals surface area (Å²) in [6.45, 7) is 8.79. The van der Waals surface area contributed by atoms with E-state index in [1.807, 2.05) is 30.0 Å². The molecule has 0 bridgehead atoms. The number of carbonyl (C=O) groups excluding carboxylic acids is 1. The largest absolute Gasteiger partial charge is 0.484 e. The molecule has 2 aliphatic rings. The monoisotopic (exact) mass is 488 g/mol. The number of pyridine rings is 2. The minimum Gasteiger partial charge on any atom is -0.484 e. The second-order valence-electron chi connectivity index (χ2n) is 9.06. The van der Waals surface area contributed by atoms with E-state index in [-0.39, 0.29) is 18.4 Å². The molecule has 0 saturated carbocycles. The lowest BCUT2D eigenvalue weighted by atomic mass is 10.1. The molecule has 0 aliphatic carbocycles. The molecule has 0 spiro atoms. The highest BCUT2D eigenvalue weighted by atomic mass is 16.6. The molecule has 2 saturated heterocycles. The molecule has 10 heteroatoms. The van der Waals surface area contributed by atoms with Crippen LogP contribution in [0.25, 0.3) is 16.6 Å². The lowest BCUT2D eigenvalue weighted by Gasteiger charge is -2.36. The van der Waals surface area contributed by atoms with Crippen molar-refractivity contribution in [2.24, 2.45) is 5.92 Å². The number of hydrogen-bond donors (Lipinski definition) is 1. The average molecular weight is 489 g/mol. The van der Waals surface area contributed by atoms with Gasteiger partial charge in [0.1, 0.15) is 29.8 Å². The van der Waals surface area contributed by atoms with Crippen LogP contribution < -0.4 is 9.64 Å². The van der Waals surface area contributed by atoms with Gasteiger partial charge in [0.05, 0.1) is 42.6 Å². The summed E-state index contributed by atoms with van der Waals surface area (Å²) in [5.41, 5.74) is 2.66. The second-order valence-corrected chi connectivity index (χ2v) is 9.06. The van der Waals surface area contributed by atoms with Gasteiger partial charge >= 0.3 is 0 Å². The van der Waals surface area contributed by atoms with Crippen molar-refractivity contribution >= 4 is 17.2 Å². The van der Waals surface area contributed by atoms with Gasteiger partial charge in [-0.25, -0.2) is 9.50 Å². The Morgan fingerprint density at radius 2 is 2.11 bits per heavy atom. The maximum atomic E-state index is 12.4. The van der Waals surface area contributed by atoms with Crippen molar-refractivity contribution in [2.45, 2.75) is 19.1 Å². The molecule has 10 nitrogen and oxygen atoms in total. The summed E-state index contributed by atoms with van der Waals surface area (Å²) in [7, 11) is 0. The Kier molecular flexibility index (Phi) is 6.59. The number of carbonyl (C=O) groups is 1. The van der Waals surface area contributed by atoms with Crippen LogP contribution in [0.2, 0.25) is 0 Å². The molecule has 1 N–H and O–H groups in total. The van der Waals surface area contributed by atoms with Crippen molar-refractivity contribution in [1.29, 1.82) is 5.26 Å². The normalized spacial score (nSPS) is 20.8. The van der Waals surface area contributed by atoms with E-state index in [9.17, 15) is 15.2 Å². The van der Waals surface area contributed by atoms with E-state index in [4.69, 9.17) is 9.47 Å². The zero-order chi connectivity index (χ0) is 25.2. The minimum absolute atomic E-state index is 0.102. The van der Waals surface area contributed by atoms with Crippen LogP contribution in [0.1, 0.15) is 12.5 Å². The van der Waals surface area contributed by atoms with Crippen LogP contribution >= 0.6 is 0 Å². The van der Waals surface area contributed by atoms with E-state index in [2.05, 4.69) is 27.6 Å². The van der Waals surface area contributed by atoms with Crippen LogP contribution in [0, 0.1) is 17.2 Å². The first-order valence-electron chi connectivity index (χ1n) is 11.9. The molecule has 2 unspecified atom stereocenters. The maximum Gasteiger partial charge on any atom is 0.229 e. The molecule has 2 aliphatic heterocycles. The van der Waals surface area contributed by atoms with E-state index < -0.39 is 12.2 Å². The summed E-state index contributed by atoms with van der Waals surface area (Å²) in [4.78, 5) is 21.1. The third kappa shape index (κ3) is 4.51. The molecule has 3 aromatic heterocycles. The van der Waals surface area contributed by atoms with Crippen molar-refractivity contribution in [3.05, 3.63) is 55.0 Å². The quantitative estimate of drug-likeness (QED) is 0.523. The number of piperazine rings is 1. The molecular weight excluding hydrogens is 460 g/mol. The van der Waals surface area contributed by atoms with Crippen molar-refractivity contribution in [3.63, 3.8) is 0 Å². The number of amides is 1. The number of aromatic nitrogens is 3. The number of aliphatic hydroxyl groups excluding tert-OH is 1. The number of rotatable bonds is 6. The highest BCUT2D eigenvalue weighted by molar-refractivity contribution is 5.85. The lowest BCUT2D eigenvalue weighted by Crippen LogP contribution is -2.50. The average Bonchev–Trinajstić information content (AvgIpc) is 3.53. The standard InChI is InChI=1S/C26H28N6O4/c1-3-17(2)26(34)31-8-6-30(7-9-31)24-5-4-18(12-28-24)21-10-20(36-23-16-35-15-22(23)33)14-32-25(21)19(11-27)13-29-32/h3-5,10,12-14,17,22-23,33H,1,6-9,15-16H2,2H3/t17?,22-,23?/m0/s1. The number of aliphatic hydroxyl groups is 1. The number of anilines is 1. The van der Waals surface area contributed by atoms with Crippen LogP contribution in [-0.2, 0) is 9.53 Å². The van der Waals surface area contributed by atoms with Gasteiger partial charge in [-0.2, -0.15) is 10.4 Å². The molecule has 36 heavy (non-hydrogen) atoms. The predicted molar refractivity (Wildman–Crippen MR) is 133 cm³/mol. The first kappa shape index (κ1) is 23.8. The fraction of sp³-hybridized carbons (Fsp3) is 0.385. The Hall–Kier alpha value is -3.94. The molecule has 0 radical (unpaired) electrons. The molecule has 5 rings (SSSR count). The zero-order valence-electron chi connectivity index (χ0n) is 20.1. The Morgan fingerprint density at radius 1 is 1.31 bits per heavy atom. The number of nitrogens with zero attached hydrogens (tertiary/aromatic N) is 6. The maximum absolute atomic E-state index is 12.4. The van der Waals surface area contributed by atoms with Gasteiger partial charge < -0.3 is 24.4 Å². The first-order valence-corrected chi connectivity index (χ1v) is 11.9. The van der Waals surface area contributed by atoms with Crippen LogP contribution in [0.3, 0.4) is 0 Å². The van der Waals surface area contributed by atoms with Gasteiger partial charge in [0.2, 0.25) is 5.91 Å². The van der Waals surface area contributed by atoms with Gasteiger partial charge in [-0.3, -0.25) is 4.79 Å². The van der Waals surface area contributed by atoms with Crippen molar-refractivity contribution in [1.82, 2.24) is 19.5 Å². The van der Waals surface area contributed by atoms with Gasteiger partial charge in [-0.15, -0.1) is 6.58 Å². The van der Waals surface area contributed by atoms with Crippen molar-refractivity contribution < 1.29 is 19.4 Å². The lowest BCUT2D eigenvalue weighted by molar-refractivity contribution is -0.133. The summed E-state index contributed by atoms with van der Waals surface area (Å²) in [5.74, 6) is 1.26. The number of hydrogen-bond acceptors (Lipinski definition) is 8. The van der Waals surface area contributed by atoms with E-state index in [1.165, 1.54) is 6.20 Å². The Morgan fingerprint density at radius 3 is 2.75 bits per heavy atom. The molecule has 3 atom stereocenters. The summed E-state index contributed by atoms with van der Waals surface area (Å²) < 4.78 is 12.9. The van der Waals surface area contributed by atoms with Gasteiger partial charge in [0, 0.05) is 43.5 Å².